The number of anilines is 1. The van der Waals surface area contributed by atoms with Gasteiger partial charge in [0.15, 0.2) is 0 Å². The molecule has 2 aromatic carbocycles. The number of phenols is 1. The number of hydrogen-bond acceptors (Lipinski definition) is 3. The minimum atomic E-state index is 0.163. The highest BCUT2D eigenvalue weighted by atomic mass is 16.3. The van der Waals surface area contributed by atoms with Gasteiger partial charge in [-0.05, 0) is 42.8 Å². The Morgan fingerprint density at radius 2 is 1.69 bits per heavy atom. The number of para-hydroxylation sites is 1. The van der Waals surface area contributed by atoms with Crippen molar-refractivity contribution in [2.45, 2.75) is 13.5 Å². The predicted octanol–water partition coefficient (Wildman–Crippen LogP) is 3.00. The van der Waals surface area contributed by atoms with Crippen molar-refractivity contribution in [2.75, 3.05) is 31.1 Å². The van der Waals surface area contributed by atoms with Crippen LogP contribution in [0.3, 0.4) is 0 Å². The lowest BCUT2D eigenvalue weighted by Crippen LogP contribution is -2.49. The molecule has 0 atom stereocenters. The molecule has 0 unspecified atom stereocenters. The predicted molar refractivity (Wildman–Crippen MR) is 104 cm³/mol. The molecule has 0 aliphatic carbocycles. The molecule has 1 aliphatic heterocycles. The lowest BCUT2D eigenvalue weighted by Gasteiger charge is -2.36. The zero-order valence-corrected chi connectivity index (χ0v) is 14.9. The highest BCUT2D eigenvalue weighted by Crippen LogP contribution is 2.22. The van der Waals surface area contributed by atoms with Crippen molar-refractivity contribution in [3.8, 4) is 5.75 Å². The molecule has 1 fully saturated rings. The molecule has 1 aromatic heterocycles. The number of amides is 1. The second kappa shape index (κ2) is 6.75. The number of piperazine rings is 1. The van der Waals surface area contributed by atoms with Crippen molar-refractivity contribution in [3.05, 3.63) is 60.3 Å². The number of benzene rings is 2. The van der Waals surface area contributed by atoms with Gasteiger partial charge in [0.05, 0.1) is 0 Å². The molecule has 1 amide bonds. The zero-order valence-electron chi connectivity index (χ0n) is 14.9. The van der Waals surface area contributed by atoms with Crippen LogP contribution >= 0.6 is 0 Å². The zero-order chi connectivity index (χ0) is 18.1. The summed E-state index contributed by atoms with van der Waals surface area (Å²) < 4.78 is 2.05. The Balaban J connectivity index is 1.41. The number of carbonyl (C=O) groups is 1. The third-order valence-electron chi connectivity index (χ3n) is 5.14. The Hall–Kier alpha value is -2.95. The number of aromatic nitrogens is 1. The molecule has 5 heteroatoms. The first-order chi connectivity index (χ1) is 12.6. The SMILES string of the molecule is Cc1cn(CC(=O)N2CCN(c3ccc(O)cc3)CC2)c2ccccc12. The van der Waals surface area contributed by atoms with Crippen LogP contribution in [0.2, 0.25) is 0 Å². The van der Waals surface area contributed by atoms with E-state index in [-0.39, 0.29) is 11.7 Å². The lowest BCUT2D eigenvalue weighted by atomic mass is 10.2. The molecule has 0 bridgehead atoms. The summed E-state index contributed by atoms with van der Waals surface area (Å²) in [5, 5.41) is 10.6. The van der Waals surface area contributed by atoms with Crippen LogP contribution in [0.1, 0.15) is 5.56 Å². The van der Waals surface area contributed by atoms with Gasteiger partial charge in [0, 0.05) is 49.0 Å². The van der Waals surface area contributed by atoms with Crippen LogP contribution in [0.4, 0.5) is 5.69 Å². The maximum atomic E-state index is 12.8. The summed E-state index contributed by atoms with van der Waals surface area (Å²) in [5.41, 5.74) is 3.40. The number of fused-ring (bicyclic) bond motifs is 1. The third-order valence-corrected chi connectivity index (χ3v) is 5.14. The highest BCUT2D eigenvalue weighted by Gasteiger charge is 2.22. The van der Waals surface area contributed by atoms with Gasteiger partial charge in [-0.1, -0.05) is 18.2 Å². The number of hydrogen-bond donors (Lipinski definition) is 1. The minimum absolute atomic E-state index is 0.163. The second-order valence-electron chi connectivity index (χ2n) is 6.84. The van der Waals surface area contributed by atoms with Crippen molar-refractivity contribution >= 4 is 22.5 Å². The molecule has 4 rings (SSSR count). The van der Waals surface area contributed by atoms with E-state index in [0.29, 0.717) is 6.54 Å². The van der Waals surface area contributed by atoms with Crippen molar-refractivity contribution < 1.29 is 9.90 Å². The average molecular weight is 349 g/mol. The van der Waals surface area contributed by atoms with Gasteiger partial charge in [-0.2, -0.15) is 0 Å². The van der Waals surface area contributed by atoms with Crippen molar-refractivity contribution in [2.24, 2.45) is 0 Å². The van der Waals surface area contributed by atoms with Gasteiger partial charge >= 0.3 is 0 Å². The summed E-state index contributed by atoms with van der Waals surface area (Å²) in [6.07, 6.45) is 2.06. The van der Waals surface area contributed by atoms with E-state index in [4.69, 9.17) is 0 Å². The largest absolute Gasteiger partial charge is 0.508 e. The van der Waals surface area contributed by atoms with Gasteiger partial charge in [0.1, 0.15) is 12.3 Å². The second-order valence-corrected chi connectivity index (χ2v) is 6.84. The van der Waals surface area contributed by atoms with E-state index >= 15 is 0 Å². The standard InChI is InChI=1S/C21H23N3O2/c1-16-14-24(20-5-3-2-4-19(16)20)15-21(26)23-12-10-22(11-13-23)17-6-8-18(25)9-7-17/h2-9,14,25H,10-13,15H2,1H3. The van der Waals surface area contributed by atoms with E-state index in [9.17, 15) is 9.90 Å². The Bertz CT molecular complexity index is 922. The molecular formula is C21H23N3O2. The van der Waals surface area contributed by atoms with Gasteiger partial charge in [0.25, 0.3) is 0 Å². The lowest BCUT2D eigenvalue weighted by molar-refractivity contribution is -0.132. The number of aryl methyl sites for hydroxylation is 1. The van der Waals surface area contributed by atoms with Crippen LogP contribution in [0.15, 0.2) is 54.7 Å². The summed E-state index contributed by atoms with van der Waals surface area (Å²) in [6, 6.07) is 15.4. The maximum absolute atomic E-state index is 12.8. The van der Waals surface area contributed by atoms with Crippen LogP contribution < -0.4 is 4.90 Å². The van der Waals surface area contributed by atoms with E-state index in [0.717, 1.165) is 37.4 Å². The number of rotatable bonds is 3. The van der Waals surface area contributed by atoms with E-state index < -0.39 is 0 Å². The number of nitrogens with zero attached hydrogens (tertiary/aromatic N) is 3. The van der Waals surface area contributed by atoms with Gasteiger partial charge < -0.3 is 19.5 Å². The monoisotopic (exact) mass is 349 g/mol. The Labute approximate surface area is 153 Å². The Morgan fingerprint density at radius 3 is 2.42 bits per heavy atom. The summed E-state index contributed by atoms with van der Waals surface area (Å²) >= 11 is 0. The quantitative estimate of drug-likeness (QED) is 0.791. The molecule has 2 heterocycles. The molecule has 1 saturated heterocycles. The number of phenolic OH excluding ortho intramolecular Hbond substituents is 1. The van der Waals surface area contributed by atoms with Gasteiger partial charge in [-0.3, -0.25) is 4.79 Å². The van der Waals surface area contributed by atoms with Crippen molar-refractivity contribution in [3.63, 3.8) is 0 Å². The molecule has 5 nitrogen and oxygen atoms in total. The van der Waals surface area contributed by atoms with E-state index in [1.807, 2.05) is 29.2 Å². The maximum Gasteiger partial charge on any atom is 0.242 e. The third kappa shape index (κ3) is 3.12. The Morgan fingerprint density at radius 1 is 1.00 bits per heavy atom. The number of carbonyl (C=O) groups excluding carboxylic acids is 1. The summed E-state index contributed by atoms with van der Waals surface area (Å²) in [6.45, 7) is 5.52. The van der Waals surface area contributed by atoms with E-state index in [1.165, 1.54) is 10.9 Å². The molecule has 134 valence electrons. The topological polar surface area (TPSA) is 48.7 Å². The van der Waals surface area contributed by atoms with E-state index in [2.05, 4.69) is 34.7 Å². The molecule has 1 aliphatic rings. The van der Waals surface area contributed by atoms with Crippen LogP contribution in [0, 0.1) is 6.92 Å². The van der Waals surface area contributed by atoms with Gasteiger partial charge in [0.2, 0.25) is 5.91 Å². The molecule has 1 N–H and O–H groups in total. The molecule has 0 radical (unpaired) electrons. The van der Waals surface area contributed by atoms with Crippen LogP contribution in [0.5, 0.6) is 5.75 Å². The number of aromatic hydroxyl groups is 1. The normalized spacial score (nSPS) is 14.8. The molecule has 0 spiro atoms. The van der Waals surface area contributed by atoms with Crippen LogP contribution in [-0.2, 0) is 11.3 Å². The van der Waals surface area contributed by atoms with E-state index in [1.54, 1.807) is 12.1 Å². The van der Waals surface area contributed by atoms with Gasteiger partial charge in [-0.15, -0.1) is 0 Å². The average Bonchev–Trinajstić information content (AvgIpc) is 2.98. The van der Waals surface area contributed by atoms with Crippen LogP contribution in [-0.4, -0.2) is 46.7 Å². The molecule has 0 saturated carbocycles. The summed E-state index contributed by atoms with van der Waals surface area (Å²) in [5.74, 6) is 0.438. The fourth-order valence-electron chi connectivity index (χ4n) is 3.68. The fraction of sp³-hybridized carbons (Fsp3) is 0.286. The van der Waals surface area contributed by atoms with Gasteiger partial charge in [-0.25, -0.2) is 0 Å². The molecule has 3 aromatic rings. The van der Waals surface area contributed by atoms with Crippen LogP contribution in [0.25, 0.3) is 10.9 Å². The first-order valence-corrected chi connectivity index (χ1v) is 8.98. The van der Waals surface area contributed by atoms with Crippen molar-refractivity contribution in [1.82, 2.24) is 9.47 Å². The van der Waals surface area contributed by atoms with Crippen molar-refractivity contribution in [1.29, 1.82) is 0 Å². The minimum Gasteiger partial charge on any atom is -0.508 e. The first-order valence-electron chi connectivity index (χ1n) is 8.98. The smallest absolute Gasteiger partial charge is 0.242 e. The summed E-state index contributed by atoms with van der Waals surface area (Å²) in [7, 11) is 0. The molecular weight excluding hydrogens is 326 g/mol. The molecule has 26 heavy (non-hydrogen) atoms. The summed E-state index contributed by atoms with van der Waals surface area (Å²) in [4.78, 5) is 17.0. The highest BCUT2D eigenvalue weighted by molar-refractivity contribution is 5.86. The fourth-order valence-corrected chi connectivity index (χ4v) is 3.68. The Kier molecular flexibility index (Phi) is 4.29. The first kappa shape index (κ1) is 16.5.